The smallest absolute Gasteiger partial charge is 0.349 e. The van der Waals surface area contributed by atoms with Crippen LogP contribution in [0.1, 0.15) is 48.0 Å². The maximum absolute atomic E-state index is 13.0. The molecule has 2 saturated heterocycles. The molecule has 2 fully saturated rings. The predicted octanol–water partition coefficient (Wildman–Crippen LogP) is 3.11. The van der Waals surface area contributed by atoms with Crippen molar-refractivity contribution in [1.82, 2.24) is 10.2 Å². The van der Waals surface area contributed by atoms with E-state index < -0.39 is 5.63 Å². The molecular formula is C23H30N2O4. The normalized spacial score (nSPS) is 19.9. The summed E-state index contributed by atoms with van der Waals surface area (Å²) in [4.78, 5) is 28.0. The van der Waals surface area contributed by atoms with Gasteiger partial charge in [-0.05, 0) is 57.3 Å². The summed E-state index contributed by atoms with van der Waals surface area (Å²) in [5.41, 5.74) is 0.722. The second-order valence-electron chi connectivity index (χ2n) is 8.52. The number of hydrogen-bond acceptors (Lipinski definition) is 5. The maximum atomic E-state index is 13.0. The topological polar surface area (TPSA) is 71.8 Å². The number of ether oxygens (including phenoxy) is 1. The van der Waals surface area contributed by atoms with E-state index >= 15 is 0 Å². The van der Waals surface area contributed by atoms with Crippen LogP contribution in [-0.2, 0) is 4.74 Å². The summed E-state index contributed by atoms with van der Waals surface area (Å²) in [6, 6.07) is 7.33. The molecule has 1 N–H and O–H groups in total. The van der Waals surface area contributed by atoms with Gasteiger partial charge in [0.25, 0.3) is 5.91 Å². The number of fused-ring (bicyclic) bond motifs is 1. The van der Waals surface area contributed by atoms with Gasteiger partial charge in [0.15, 0.2) is 0 Å². The van der Waals surface area contributed by atoms with Crippen molar-refractivity contribution < 1.29 is 13.9 Å². The van der Waals surface area contributed by atoms with E-state index in [2.05, 4.69) is 10.2 Å². The zero-order valence-electron chi connectivity index (χ0n) is 17.2. The second-order valence-corrected chi connectivity index (χ2v) is 8.52. The highest BCUT2D eigenvalue weighted by atomic mass is 16.5. The Morgan fingerprint density at radius 1 is 1.14 bits per heavy atom. The third kappa shape index (κ3) is 4.38. The maximum Gasteiger partial charge on any atom is 0.349 e. The van der Waals surface area contributed by atoms with Gasteiger partial charge in [-0.15, -0.1) is 0 Å². The number of para-hydroxylation sites is 1. The fourth-order valence-corrected chi connectivity index (χ4v) is 4.71. The fraction of sp³-hybridized carbons (Fsp3) is 0.565. The molecular weight excluding hydrogens is 368 g/mol. The molecule has 1 amide bonds. The quantitative estimate of drug-likeness (QED) is 0.784. The molecule has 2 aromatic rings. The Morgan fingerprint density at radius 2 is 1.86 bits per heavy atom. The fourth-order valence-electron chi connectivity index (χ4n) is 4.71. The molecule has 2 aliphatic rings. The molecule has 156 valence electrons. The van der Waals surface area contributed by atoms with Crippen LogP contribution in [0.15, 0.2) is 33.5 Å². The third-order valence-corrected chi connectivity index (χ3v) is 6.49. The van der Waals surface area contributed by atoms with Gasteiger partial charge in [0, 0.05) is 37.1 Å². The zero-order valence-corrected chi connectivity index (χ0v) is 17.2. The van der Waals surface area contributed by atoms with E-state index in [0.717, 1.165) is 51.1 Å². The van der Waals surface area contributed by atoms with Crippen LogP contribution in [-0.4, -0.2) is 50.2 Å². The molecule has 1 aromatic heterocycles. The molecule has 1 aromatic carbocycles. The highest BCUT2D eigenvalue weighted by molar-refractivity contribution is 5.99. The van der Waals surface area contributed by atoms with Crippen LogP contribution in [0.5, 0.6) is 0 Å². The molecule has 6 heteroatoms. The number of nitrogens with one attached hydrogen (secondary N) is 1. The minimum atomic E-state index is -0.573. The van der Waals surface area contributed by atoms with Gasteiger partial charge in [-0.2, -0.15) is 0 Å². The number of nitrogens with zero attached hydrogens (tertiary/aromatic N) is 1. The SMILES string of the molecule is Cc1c(C(=O)NCC2(CN3CCCCC3)CCOCC2)c(=O)oc2ccccc12. The van der Waals surface area contributed by atoms with Crippen LogP contribution >= 0.6 is 0 Å². The highest BCUT2D eigenvalue weighted by Gasteiger charge is 2.35. The minimum absolute atomic E-state index is 0.00378. The van der Waals surface area contributed by atoms with Crippen molar-refractivity contribution in [2.45, 2.75) is 39.0 Å². The second kappa shape index (κ2) is 8.67. The average Bonchev–Trinajstić information content (AvgIpc) is 2.74. The molecule has 0 bridgehead atoms. The number of amides is 1. The van der Waals surface area contributed by atoms with Crippen molar-refractivity contribution in [3.8, 4) is 0 Å². The molecule has 2 aliphatic heterocycles. The van der Waals surface area contributed by atoms with Crippen molar-refractivity contribution in [3.63, 3.8) is 0 Å². The summed E-state index contributed by atoms with van der Waals surface area (Å²) in [6.07, 6.45) is 5.65. The van der Waals surface area contributed by atoms with Gasteiger partial charge in [0.2, 0.25) is 0 Å². The summed E-state index contributed by atoms with van der Waals surface area (Å²) in [5, 5.41) is 3.86. The van der Waals surface area contributed by atoms with E-state index in [1.165, 1.54) is 19.3 Å². The Kier molecular flexibility index (Phi) is 6.01. The lowest BCUT2D eigenvalue weighted by molar-refractivity contribution is -0.00673. The molecule has 0 aliphatic carbocycles. The van der Waals surface area contributed by atoms with Crippen molar-refractivity contribution in [3.05, 3.63) is 45.8 Å². The molecule has 4 rings (SSSR count). The number of hydrogen-bond donors (Lipinski definition) is 1. The van der Waals surface area contributed by atoms with Crippen molar-refractivity contribution in [2.75, 3.05) is 39.4 Å². The number of likely N-dealkylation sites (tertiary alicyclic amines) is 1. The first-order chi connectivity index (χ1) is 14.1. The molecule has 0 unspecified atom stereocenters. The van der Waals surface area contributed by atoms with Crippen LogP contribution in [0.25, 0.3) is 11.0 Å². The molecule has 3 heterocycles. The van der Waals surface area contributed by atoms with E-state index in [4.69, 9.17) is 9.15 Å². The molecule has 0 saturated carbocycles. The third-order valence-electron chi connectivity index (χ3n) is 6.49. The first-order valence-corrected chi connectivity index (χ1v) is 10.7. The van der Waals surface area contributed by atoms with Crippen LogP contribution in [0, 0.1) is 12.3 Å². The first-order valence-electron chi connectivity index (χ1n) is 10.7. The van der Waals surface area contributed by atoms with Gasteiger partial charge >= 0.3 is 5.63 Å². The predicted molar refractivity (Wildman–Crippen MR) is 112 cm³/mol. The summed E-state index contributed by atoms with van der Waals surface area (Å²) in [6.45, 7) is 7.04. The number of aryl methyl sites for hydroxylation is 1. The summed E-state index contributed by atoms with van der Waals surface area (Å²) >= 11 is 0. The minimum Gasteiger partial charge on any atom is -0.422 e. The lowest BCUT2D eigenvalue weighted by Gasteiger charge is -2.42. The van der Waals surface area contributed by atoms with E-state index in [1.807, 2.05) is 25.1 Å². The van der Waals surface area contributed by atoms with Gasteiger partial charge in [-0.1, -0.05) is 24.6 Å². The van der Waals surface area contributed by atoms with Gasteiger partial charge in [0.05, 0.1) is 0 Å². The molecule has 0 spiro atoms. The highest BCUT2D eigenvalue weighted by Crippen LogP contribution is 2.32. The Bertz CT molecular complexity index is 924. The molecule has 29 heavy (non-hydrogen) atoms. The van der Waals surface area contributed by atoms with Crippen molar-refractivity contribution in [1.29, 1.82) is 0 Å². The average molecular weight is 399 g/mol. The lowest BCUT2D eigenvalue weighted by atomic mass is 9.79. The standard InChI is InChI=1S/C23H30N2O4/c1-17-18-7-3-4-8-19(18)29-22(27)20(17)21(26)24-15-23(9-13-28-14-10-23)16-25-11-5-2-6-12-25/h3-4,7-8H,2,5-6,9-16H2,1H3,(H,24,26). The number of rotatable bonds is 5. The number of piperidine rings is 1. The summed E-state index contributed by atoms with van der Waals surface area (Å²) < 4.78 is 11.0. The first kappa shape index (κ1) is 20.1. The Hall–Kier alpha value is -2.18. The van der Waals surface area contributed by atoms with Crippen molar-refractivity contribution in [2.24, 2.45) is 5.41 Å². The largest absolute Gasteiger partial charge is 0.422 e. The van der Waals surface area contributed by atoms with Crippen LogP contribution in [0.4, 0.5) is 0 Å². The number of carbonyl (C=O) groups is 1. The van der Waals surface area contributed by atoms with E-state index in [0.29, 0.717) is 17.7 Å². The van der Waals surface area contributed by atoms with Gasteiger partial charge in [-0.25, -0.2) is 4.79 Å². The Morgan fingerprint density at radius 3 is 2.62 bits per heavy atom. The Balaban J connectivity index is 1.52. The molecule has 6 nitrogen and oxygen atoms in total. The lowest BCUT2D eigenvalue weighted by Crippen LogP contribution is -2.49. The van der Waals surface area contributed by atoms with E-state index in [-0.39, 0.29) is 16.9 Å². The van der Waals surface area contributed by atoms with Crippen LogP contribution in [0.3, 0.4) is 0 Å². The molecule has 0 atom stereocenters. The van der Waals surface area contributed by atoms with Gasteiger partial charge < -0.3 is 19.4 Å². The summed E-state index contributed by atoms with van der Waals surface area (Å²) in [7, 11) is 0. The zero-order chi connectivity index (χ0) is 20.3. The molecule has 0 radical (unpaired) electrons. The summed E-state index contributed by atoms with van der Waals surface area (Å²) in [5.74, 6) is -0.341. The number of carbonyl (C=O) groups excluding carboxylic acids is 1. The Labute approximate surface area is 171 Å². The van der Waals surface area contributed by atoms with Crippen LogP contribution in [0.2, 0.25) is 0 Å². The van der Waals surface area contributed by atoms with E-state index in [1.54, 1.807) is 6.07 Å². The van der Waals surface area contributed by atoms with Gasteiger partial charge in [0.1, 0.15) is 11.1 Å². The monoisotopic (exact) mass is 398 g/mol. The van der Waals surface area contributed by atoms with Gasteiger partial charge in [-0.3, -0.25) is 4.79 Å². The number of benzene rings is 1. The van der Waals surface area contributed by atoms with E-state index in [9.17, 15) is 9.59 Å². The van der Waals surface area contributed by atoms with Crippen molar-refractivity contribution >= 4 is 16.9 Å². The van der Waals surface area contributed by atoms with Crippen LogP contribution < -0.4 is 10.9 Å².